The molecule has 26 heavy (non-hydrogen) atoms. The van der Waals surface area contributed by atoms with Gasteiger partial charge in [0.25, 0.3) is 5.56 Å². The summed E-state index contributed by atoms with van der Waals surface area (Å²) in [5.41, 5.74) is 3.67. The first kappa shape index (κ1) is 16.5. The van der Waals surface area contributed by atoms with Gasteiger partial charge in [-0.3, -0.25) is 14.3 Å². The molecular formula is C22H21N3O. The predicted octanol–water partition coefficient (Wildman–Crippen LogP) is 3.47. The van der Waals surface area contributed by atoms with Gasteiger partial charge in [-0.25, -0.2) is 4.98 Å². The molecule has 3 aromatic rings. The van der Waals surface area contributed by atoms with E-state index in [2.05, 4.69) is 30.7 Å². The minimum atomic E-state index is 0.0574. The van der Waals surface area contributed by atoms with Gasteiger partial charge in [0.2, 0.25) is 0 Å². The van der Waals surface area contributed by atoms with Crippen LogP contribution in [-0.4, -0.2) is 14.5 Å². The number of hydrogen-bond donors (Lipinski definition) is 0. The smallest absolute Gasteiger partial charge is 0.261 e. The van der Waals surface area contributed by atoms with Crippen molar-refractivity contribution in [3.63, 3.8) is 0 Å². The molecule has 2 aromatic heterocycles. The second-order valence-electron chi connectivity index (χ2n) is 7.75. The zero-order valence-electron chi connectivity index (χ0n) is 15.3. The van der Waals surface area contributed by atoms with Gasteiger partial charge < -0.3 is 0 Å². The standard InChI is InChI=1S/C22H21N3O/c1-15-12-17(9-11-23-15)5-4-16-6-7-18-19(13-16)24-20-8-10-22(2,3)14-25(20)21(18)26/h6-7,9,11-13H,8,10,14H2,1-3H3. The van der Waals surface area contributed by atoms with Crippen LogP contribution in [0.15, 0.2) is 41.3 Å². The summed E-state index contributed by atoms with van der Waals surface area (Å²) in [5.74, 6) is 7.21. The van der Waals surface area contributed by atoms with E-state index >= 15 is 0 Å². The monoisotopic (exact) mass is 343 g/mol. The van der Waals surface area contributed by atoms with E-state index in [1.165, 1.54) is 0 Å². The molecule has 0 atom stereocenters. The minimum absolute atomic E-state index is 0.0574. The van der Waals surface area contributed by atoms with Crippen molar-refractivity contribution in [2.24, 2.45) is 5.41 Å². The second kappa shape index (κ2) is 6.10. The van der Waals surface area contributed by atoms with E-state index in [1.54, 1.807) is 6.20 Å². The van der Waals surface area contributed by atoms with Gasteiger partial charge >= 0.3 is 0 Å². The highest BCUT2D eigenvalue weighted by Crippen LogP contribution is 2.29. The Morgan fingerprint density at radius 1 is 1.12 bits per heavy atom. The van der Waals surface area contributed by atoms with Gasteiger partial charge in [-0.05, 0) is 49.1 Å². The fraction of sp³-hybridized carbons (Fsp3) is 0.318. The summed E-state index contributed by atoms with van der Waals surface area (Å²) in [7, 11) is 0. The Labute approximate surface area is 152 Å². The fourth-order valence-electron chi connectivity index (χ4n) is 3.42. The summed E-state index contributed by atoms with van der Waals surface area (Å²) in [6.07, 6.45) is 3.65. The Kier molecular flexibility index (Phi) is 3.88. The molecule has 0 fully saturated rings. The molecule has 4 heteroatoms. The van der Waals surface area contributed by atoms with Crippen LogP contribution in [-0.2, 0) is 13.0 Å². The first-order valence-corrected chi connectivity index (χ1v) is 8.89. The lowest BCUT2D eigenvalue weighted by atomic mass is 9.85. The average Bonchev–Trinajstić information content (AvgIpc) is 2.60. The largest absolute Gasteiger partial charge is 0.296 e. The molecule has 0 unspecified atom stereocenters. The predicted molar refractivity (Wildman–Crippen MR) is 103 cm³/mol. The Morgan fingerprint density at radius 2 is 1.88 bits per heavy atom. The van der Waals surface area contributed by atoms with Crippen LogP contribution in [0.1, 0.15) is 42.9 Å². The van der Waals surface area contributed by atoms with E-state index in [0.717, 1.165) is 47.5 Å². The molecule has 0 saturated heterocycles. The van der Waals surface area contributed by atoms with Crippen LogP contribution < -0.4 is 5.56 Å². The van der Waals surface area contributed by atoms with Crippen molar-refractivity contribution >= 4 is 10.9 Å². The van der Waals surface area contributed by atoms with Crippen molar-refractivity contribution in [1.82, 2.24) is 14.5 Å². The maximum atomic E-state index is 12.9. The van der Waals surface area contributed by atoms with Crippen molar-refractivity contribution in [1.29, 1.82) is 0 Å². The van der Waals surface area contributed by atoms with Gasteiger partial charge in [-0.15, -0.1) is 0 Å². The molecule has 1 aromatic carbocycles. The molecule has 4 nitrogen and oxygen atoms in total. The van der Waals surface area contributed by atoms with Crippen LogP contribution in [0, 0.1) is 24.2 Å². The molecule has 1 aliphatic heterocycles. The first-order chi connectivity index (χ1) is 12.4. The highest BCUT2D eigenvalue weighted by Gasteiger charge is 2.27. The summed E-state index contributed by atoms with van der Waals surface area (Å²) in [5, 5.41) is 0.664. The summed E-state index contributed by atoms with van der Waals surface area (Å²) in [6, 6.07) is 9.51. The first-order valence-electron chi connectivity index (χ1n) is 8.89. The second-order valence-corrected chi connectivity index (χ2v) is 7.75. The minimum Gasteiger partial charge on any atom is -0.296 e. The number of aromatic nitrogens is 3. The highest BCUT2D eigenvalue weighted by molar-refractivity contribution is 5.79. The molecule has 0 amide bonds. The lowest BCUT2D eigenvalue weighted by Gasteiger charge is -2.31. The van der Waals surface area contributed by atoms with E-state index in [9.17, 15) is 4.79 Å². The topological polar surface area (TPSA) is 47.8 Å². The van der Waals surface area contributed by atoms with Gasteiger partial charge in [0.15, 0.2) is 0 Å². The van der Waals surface area contributed by atoms with Gasteiger partial charge in [0.05, 0.1) is 10.9 Å². The van der Waals surface area contributed by atoms with Crippen LogP contribution >= 0.6 is 0 Å². The lowest BCUT2D eigenvalue weighted by molar-refractivity contribution is 0.240. The normalized spacial score (nSPS) is 15.2. The highest BCUT2D eigenvalue weighted by atomic mass is 16.1. The molecule has 0 saturated carbocycles. The number of benzene rings is 1. The van der Waals surface area contributed by atoms with Crippen LogP contribution in [0.4, 0.5) is 0 Å². The zero-order chi connectivity index (χ0) is 18.3. The average molecular weight is 343 g/mol. The third kappa shape index (κ3) is 3.13. The number of fused-ring (bicyclic) bond motifs is 2. The van der Waals surface area contributed by atoms with Crippen LogP contribution in [0.2, 0.25) is 0 Å². The molecular weight excluding hydrogens is 322 g/mol. The van der Waals surface area contributed by atoms with Crippen molar-refractivity contribution in [2.75, 3.05) is 0 Å². The van der Waals surface area contributed by atoms with E-state index in [-0.39, 0.29) is 11.0 Å². The SMILES string of the molecule is Cc1cc(C#Cc2ccc3c(=O)n4c(nc3c2)CCC(C)(C)C4)ccn1. The maximum absolute atomic E-state index is 12.9. The third-order valence-corrected chi connectivity index (χ3v) is 4.89. The molecule has 0 spiro atoms. The number of pyridine rings is 1. The fourth-order valence-corrected chi connectivity index (χ4v) is 3.42. The molecule has 130 valence electrons. The number of rotatable bonds is 0. The van der Waals surface area contributed by atoms with Gasteiger partial charge in [0.1, 0.15) is 5.82 Å². The Morgan fingerprint density at radius 3 is 2.65 bits per heavy atom. The Bertz CT molecular complexity index is 1130. The van der Waals surface area contributed by atoms with Gasteiger partial charge in [-0.1, -0.05) is 25.7 Å². The van der Waals surface area contributed by atoms with Crippen molar-refractivity contribution < 1.29 is 0 Å². The summed E-state index contributed by atoms with van der Waals surface area (Å²) in [6.45, 7) is 7.08. The van der Waals surface area contributed by atoms with E-state index < -0.39 is 0 Å². The Hall–Kier alpha value is -2.93. The summed E-state index contributed by atoms with van der Waals surface area (Å²) in [4.78, 5) is 21.8. The molecule has 3 heterocycles. The lowest BCUT2D eigenvalue weighted by Crippen LogP contribution is -2.36. The zero-order valence-corrected chi connectivity index (χ0v) is 15.3. The van der Waals surface area contributed by atoms with Gasteiger partial charge in [0, 0.05) is 36.0 Å². The van der Waals surface area contributed by atoms with Crippen molar-refractivity contribution in [3.05, 3.63) is 69.5 Å². The summed E-state index contributed by atoms with van der Waals surface area (Å²) >= 11 is 0. The molecule has 1 aliphatic rings. The molecule has 0 bridgehead atoms. The van der Waals surface area contributed by atoms with Crippen LogP contribution in [0.3, 0.4) is 0 Å². The van der Waals surface area contributed by atoms with E-state index in [4.69, 9.17) is 4.98 Å². The molecule has 0 aliphatic carbocycles. The third-order valence-electron chi connectivity index (χ3n) is 4.89. The van der Waals surface area contributed by atoms with Crippen LogP contribution in [0.25, 0.3) is 10.9 Å². The molecule has 0 radical (unpaired) electrons. The van der Waals surface area contributed by atoms with E-state index in [0.29, 0.717) is 5.39 Å². The number of aryl methyl sites for hydroxylation is 2. The van der Waals surface area contributed by atoms with E-state index in [1.807, 2.05) is 41.8 Å². The summed E-state index contributed by atoms with van der Waals surface area (Å²) < 4.78 is 1.84. The maximum Gasteiger partial charge on any atom is 0.261 e. The molecule has 0 N–H and O–H groups in total. The van der Waals surface area contributed by atoms with Crippen molar-refractivity contribution in [3.8, 4) is 11.8 Å². The number of nitrogens with zero attached hydrogens (tertiary/aromatic N) is 3. The quantitative estimate of drug-likeness (QED) is 0.587. The molecule has 4 rings (SSSR count). The number of hydrogen-bond acceptors (Lipinski definition) is 3. The van der Waals surface area contributed by atoms with Crippen molar-refractivity contribution in [2.45, 2.75) is 40.2 Å². The van der Waals surface area contributed by atoms with Crippen LogP contribution in [0.5, 0.6) is 0 Å². The Balaban J connectivity index is 1.76. The van der Waals surface area contributed by atoms with Gasteiger partial charge in [-0.2, -0.15) is 0 Å².